The van der Waals surface area contributed by atoms with Gasteiger partial charge in [-0.05, 0) is 29.8 Å². The van der Waals surface area contributed by atoms with Crippen LogP contribution in [0.5, 0.6) is 0 Å². The first kappa shape index (κ1) is 18.8. The van der Waals surface area contributed by atoms with Gasteiger partial charge in [0.05, 0.1) is 11.1 Å². The Hall–Kier alpha value is -2.96. The van der Waals surface area contributed by atoms with Crippen molar-refractivity contribution in [2.75, 3.05) is 5.32 Å². The molecular weight excluding hydrogens is 368 g/mol. The largest absolute Gasteiger partial charge is 0.416 e. The van der Waals surface area contributed by atoms with E-state index < -0.39 is 23.5 Å². The van der Waals surface area contributed by atoms with Crippen LogP contribution in [-0.2, 0) is 12.4 Å². The fourth-order valence-electron chi connectivity index (χ4n) is 2.64. The van der Waals surface area contributed by atoms with Gasteiger partial charge in [0.2, 0.25) is 0 Å². The van der Waals surface area contributed by atoms with Crippen LogP contribution >= 0.6 is 0 Å². The van der Waals surface area contributed by atoms with E-state index in [1.54, 1.807) is 48.5 Å². The van der Waals surface area contributed by atoms with Crippen LogP contribution < -0.4 is 5.32 Å². The molecule has 7 heteroatoms. The molecule has 0 aliphatic rings. The summed E-state index contributed by atoms with van der Waals surface area (Å²) >= 11 is 0. The van der Waals surface area contributed by atoms with Crippen LogP contribution in [-0.4, -0.2) is 0 Å². The van der Waals surface area contributed by atoms with E-state index in [1.165, 1.54) is 0 Å². The number of hydrogen-bond acceptors (Lipinski definition) is 1. The molecule has 0 saturated carbocycles. The van der Waals surface area contributed by atoms with Crippen molar-refractivity contribution in [2.45, 2.75) is 12.4 Å². The Balaban J connectivity index is 2.07. The predicted octanol–water partition coefficient (Wildman–Crippen LogP) is 7.13. The third-order valence-corrected chi connectivity index (χ3v) is 3.88. The molecule has 3 aromatic rings. The summed E-state index contributed by atoms with van der Waals surface area (Å²) in [5.41, 5.74) is -1.18. The molecule has 0 aliphatic carbocycles. The molecular formula is C20H13F6N. The zero-order valence-electron chi connectivity index (χ0n) is 13.7. The molecule has 1 N–H and O–H groups in total. The smallest absolute Gasteiger partial charge is 0.355 e. The van der Waals surface area contributed by atoms with Crippen LogP contribution in [0.2, 0.25) is 0 Å². The second kappa shape index (κ2) is 6.98. The molecule has 0 saturated heterocycles. The number of alkyl halides is 6. The molecule has 0 bridgehead atoms. The van der Waals surface area contributed by atoms with Gasteiger partial charge in [0.15, 0.2) is 0 Å². The minimum atomic E-state index is -4.89. The molecule has 27 heavy (non-hydrogen) atoms. The molecule has 0 spiro atoms. The van der Waals surface area contributed by atoms with Crippen LogP contribution in [0, 0.1) is 0 Å². The second-order valence-electron chi connectivity index (χ2n) is 5.83. The zero-order valence-corrected chi connectivity index (χ0v) is 13.7. The first-order valence-electron chi connectivity index (χ1n) is 7.85. The molecule has 140 valence electrons. The Labute approximate surface area is 151 Å². The lowest BCUT2D eigenvalue weighted by Gasteiger charge is -2.17. The van der Waals surface area contributed by atoms with Crippen LogP contribution in [0.25, 0.3) is 11.1 Å². The van der Waals surface area contributed by atoms with Crippen molar-refractivity contribution in [1.29, 1.82) is 0 Å². The molecule has 1 nitrogen and oxygen atoms in total. The van der Waals surface area contributed by atoms with E-state index >= 15 is 0 Å². The maximum absolute atomic E-state index is 13.0. The molecule has 3 aromatic carbocycles. The molecule has 0 heterocycles. The van der Waals surface area contributed by atoms with E-state index in [0.717, 1.165) is 5.56 Å². The second-order valence-corrected chi connectivity index (χ2v) is 5.83. The van der Waals surface area contributed by atoms with E-state index in [2.05, 4.69) is 5.32 Å². The molecule has 0 unspecified atom stereocenters. The van der Waals surface area contributed by atoms with E-state index in [4.69, 9.17) is 0 Å². The monoisotopic (exact) mass is 381 g/mol. The van der Waals surface area contributed by atoms with E-state index in [1.807, 2.05) is 6.07 Å². The summed E-state index contributed by atoms with van der Waals surface area (Å²) in [5, 5.41) is 2.70. The summed E-state index contributed by atoms with van der Waals surface area (Å²) in [7, 11) is 0. The number of hydrogen-bond donors (Lipinski definition) is 1. The van der Waals surface area contributed by atoms with Crippen molar-refractivity contribution in [3.63, 3.8) is 0 Å². The predicted molar refractivity (Wildman–Crippen MR) is 91.6 cm³/mol. The fraction of sp³-hybridized carbons (Fsp3) is 0.100. The lowest BCUT2D eigenvalue weighted by molar-refractivity contribution is -0.143. The van der Waals surface area contributed by atoms with Crippen molar-refractivity contribution in [3.8, 4) is 11.1 Å². The highest BCUT2D eigenvalue weighted by Crippen LogP contribution is 2.39. The summed E-state index contributed by atoms with van der Waals surface area (Å²) in [6, 6.07) is 17.1. The Morgan fingerprint density at radius 2 is 1.11 bits per heavy atom. The highest BCUT2D eigenvalue weighted by Gasteiger charge is 2.37. The molecule has 0 amide bonds. The molecule has 0 atom stereocenters. The number of anilines is 2. The number of halogens is 6. The van der Waals surface area contributed by atoms with Crippen LogP contribution in [0.1, 0.15) is 11.1 Å². The van der Waals surface area contributed by atoms with Crippen LogP contribution in [0.3, 0.4) is 0 Å². The summed E-state index contributed by atoms with van der Waals surface area (Å²) in [6.45, 7) is 0. The van der Waals surface area contributed by atoms with Crippen LogP contribution in [0.4, 0.5) is 37.7 Å². The quantitative estimate of drug-likeness (QED) is 0.476. The van der Waals surface area contributed by atoms with Crippen LogP contribution in [0.15, 0.2) is 72.8 Å². The van der Waals surface area contributed by atoms with Crippen molar-refractivity contribution in [2.24, 2.45) is 0 Å². The highest BCUT2D eigenvalue weighted by atomic mass is 19.4. The van der Waals surface area contributed by atoms with Crippen molar-refractivity contribution in [1.82, 2.24) is 0 Å². The maximum Gasteiger partial charge on any atom is 0.416 e. The number of para-hydroxylation sites is 1. The number of nitrogens with one attached hydrogen (secondary N) is 1. The van der Waals surface area contributed by atoms with Gasteiger partial charge >= 0.3 is 12.4 Å². The summed E-state index contributed by atoms with van der Waals surface area (Å²) in [5.74, 6) is 0. The standard InChI is InChI=1S/C20H13F6N/c21-19(22,23)14-10-15(20(24,25)26)12-16(11-14)27-18-9-5-4-8-17(18)13-6-2-1-3-7-13/h1-12,27H. The minimum absolute atomic E-state index is 0.105. The van der Waals surface area contributed by atoms with Crippen molar-refractivity contribution in [3.05, 3.63) is 83.9 Å². The summed E-state index contributed by atoms with van der Waals surface area (Å²) < 4.78 is 78.1. The van der Waals surface area contributed by atoms with Gasteiger partial charge in [0.1, 0.15) is 0 Å². The molecule has 0 radical (unpaired) electrons. The molecule has 0 aromatic heterocycles. The van der Waals surface area contributed by atoms with Gasteiger partial charge in [-0.1, -0.05) is 48.5 Å². The van der Waals surface area contributed by atoms with Gasteiger partial charge in [0.25, 0.3) is 0 Å². The van der Waals surface area contributed by atoms with Gasteiger partial charge in [-0.3, -0.25) is 0 Å². The number of benzene rings is 3. The number of rotatable bonds is 3. The Bertz CT molecular complexity index is 897. The van der Waals surface area contributed by atoms with Gasteiger partial charge in [-0.2, -0.15) is 26.3 Å². The normalized spacial score (nSPS) is 12.1. The van der Waals surface area contributed by atoms with Gasteiger partial charge < -0.3 is 5.32 Å². The first-order valence-corrected chi connectivity index (χ1v) is 7.85. The van der Waals surface area contributed by atoms with Crippen molar-refractivity contribution < 1.29 is 26.3 Å². The lowest BCUT2D eigenvalue weighted by Crippen LogP contribution is -2.11. The van der Waals surface area contributed by atoms with E-state index in [0.29, 0.717) is 23.4 Å². The summed E-state index contributed by atoms with van der Waals surface area (Å²) in [4.78, 5) is 0. The van der Waals surface area contributed by atoms with Gasteiger partial charge in [-0.15, -0.1) is 0 Å². The van der Waals surface area contributed by atoms with E-state index in [9.17, 15) is 26.3 Å². The lowest BCUT2D eigenvalue weighted by atomic mass is 10.0. The average Bonchev–Trinajstić information content (AvgIpc) is 2.61. The third-order valence-electron chi connectivity index (χ3n) is 3.88. The minimum Gasteiger partial charge on any atom is -0.355 e. The third kappa shape index (κ3) is 4.42. The molecule has 0 aliphatic heterocycles. The Morgan fingerprint density at radius 3 is 1.67 bits per heavy atom. The van der Waals surface area contributed by atoms with E-state index in [-0.39, 0.29) is 11.8 Å². The zero-order chi connectivity index (χ0) is 19.7. The van der Waals surface area contributed by atoms with Gasteiger partial charge in [0, 0.05) is 16.9 Å². The SMILES string of the molecule is FC(F)(F)c1cc(Nc2ccccc2-c2ccccc2)cc(C(F)(F)F)c1. The highest BCUT2D eigenvalue weighted by molar-refractivity contribution is 5.81. The Morgan fingerprint density at radius 1 is 0.593 bits per heavy atom. The summed E-state index contributed by atoms with van der Waals surface area (Å²) in [6.07, 6.45) is -9.78. The molecule has 3 rings (SSSR count). The first-order chi connectivity index (χ1) is 12.6. The fourth-order valence-corrected chi connectivity index (χ4v) is 2.64. The van der Waals surface area contributed by atoms with Crippen molar-refractivity contribution >= 4 is 11.4 Å². The topological polar surface area (TPSA) is 12.0 Å². The van der Waals surface area contributed by atoms with Gasteiger partial charge in [-0.25, -0.2) is 0 Å². The maximum atomic E-state index is 13.0. The Kier molecular flexibility index (Phi) is 4.87. The molecule has 0 fully saturated rings. The average molecular weight is 381 g/mol.